The number of halogens is 1. The third-order valence-electron chi connectivity index (χ3n) is 3.51. The second-order valence-corrected chi connectivity index (χ2v) is 7.65. The quantitative estimate of drug-likeness (QED) is 0.808. The molecule has 7 nitrogen and oxygen atoms in total. The van der Waals surface area contributed by atoms with Crippen molar-refractivity contribution >= 4 is 33.5 Å². The lowest BCUT2D eigenvalue weighted by atomic mass is 10.1. The van der Waals surface area contributed by atoms with Gasteiger partial charge in [-0.3, -0.25) is 4.68 Å². The highest BCUT2D eigenvalue weighted by Gasteiger charge is 2.21. The summed E-state index contributed by atoms with van der Waals surface area (Å²) in [5.74, 6) is 0.359. The van der Waals surface area contributed by atoms with Crippen LogP contribution in [0.4, 0.5) is 0 Å². The van der Waals surface area contributed by atoms with Gasteiger partial charge in [0.05, 0.1) is 5.69 Å². The van der Waals surface area contributed by atoms with Gasteiger partial charge in [0.15, 0.2) is 5.65 Å². The van der Waals surface area contributed by atoms with E-state index in [1.54, 1.807) is 17.8 Å². The molecule has 0 radical (unpaired) electrons. The fraction of sp³-hybridized carbons (Fsp3) is 0.571. The second kappa shape index (κ2) is 7.57. The van der Waals surface area contributed by atoms with Crippen molar-refractivity contribution in [3.63, 3.8) is 0 Å². The van der Waals surface area contributed by atoms with E-state index in [-0.39, 0.29) is 29.9 Å². The summed E-state index contributed by atoms with van der Waals surface area (Å²) < 4.78 is 29.3. The molecule has 1 atom stereocenters. The molecule has 2 heterocycles. The molecule has 0 aliphatic carbocycles. The van der Waals surface area contributed by atoms with Crippen LogP contribution in [0.15, 0.2) is 17.2 Å². The Kier molecular flexibility index (Phi) is 6.52. The molecular formula is C14H24ClN5O2S. The van der Waals surface area contributed by atoms with Crippen LogP contribution >= 0.6 is 12.4 Å². The maximum Gasteiger partial charge on any atom is 0.242 e. The summed E-state index contributed by atoms with van der Waals surface area (Å²) >= 11 is 0. The zero-order valence-corrected chi connectivity index (χ0v) is 15.4. The third kappa shape index (κ3) is 4.41. The number of hydrogen-bond acceptors (Lipinski definition) is 5. The number of rotatable bonds is 6. The Morgan fingerprint density at radius 2 is 2.04 bits per heavy atom. The van der Waals surface area contributed by atoms with Crippen LogP contribution < -0.4 is 10.5 Å². The van der Waals surface area contributed by atoms with Gasteiger partial charge in [0.1, 0.15) is 4.90 Å². The lowest BCUT2D eigenvalue weighted by Gasteiger charge is -2.18. The molecule has 0 bridgehead atoms. The summed E-state index contributed by atoms with van der Waals surface area (Å²) in [7, 11) is -1.87. The maximum atomic E-state index is 12.5. The smallest absolute Gasteiger partial charge is 0.242 e. The summed E-state index contributed by atoms with van der Waals surface area (Å²) in [5.41, 5.74) is 7.08. The van der Waals surface area contributed by atoms with Crippen LogP contribution in [-0.4, -0.2) is 35.8 Å². The van der Waals surface area contributed by atoms with Gasteiger partial charge in [-0.2, -0.15) is 5.10 Å². The topological polar surface area (TPSA) is 103 Å². The van der Waals surface area contributed by atoms with E-state index in [9.17, 15) is 8.42 Å². The Morgan fingerprint density at radius 3 is 2.61 bits per heavy atom. The molecule has 0 aromatic carbocycles. The average molecular weight is 362 g/mol. The van der Waals surface area contributed by atoms with Crippen LogP contribution in [-0.2, 0) is 17.1 Å². The van der Waals surface area contributed by atoms with E-state index in [0.717, 1.165) is 11.1 Å². The molecule has 2 aromatic heterocycles. The van der Waals surface area contributed by atoms with Gasteiger partial charge >= 0.3 is 0 Å². The highest BCUT2D eigenvalue weighted by molar-refractivity contribution is 7.89. The zero-order chi connectivity index (χ0) is 16.5. The molecule has 1 unspecified atom stereocenters. The predicted octanol–water partition coefficient (Wildman–Crippen LogP) is 1.35. The normalized spacial score (nSPS) is 13.3. The minimum Gasteiger partial charge on any atom is -0.329 e. The lowest BCUT2D eigenvalue weighted by molar-refractivity contribution is 0.465. The van der Waals surface area contributed by atoms with Crippen molar-refractivity contribution in [1.82, 2.24) is 19.5 Å². The van der Waals surface area contributed by atoms with E-state index in [2.05, 4.69) is 14.8 Å². The minimum absolute atomic E-state index is 0. The molecule has 0 aliphatic heterocycles. The molecule has 0 fully saturated rings. The van der Waals surface area contributed by atoms with E-state index < -0.39 is 10.0 Å². The maximum absolute atomic E-state index is 12.5. The highest BCUT2D eigenvalue weighted by atomic mass is 35.5. The van der Waals surface area contributed by atoms with Crippen LogP contribution in [0, 0.1) is 12.8 Å². The summed E-state index contributed by atoms with van der Waals surface area (Å²) in [6, 6.07) is 1.33. The Hall–Kier alpha value is -1.22. The van der Waals surface area contributed by atoms with Gasteiger partial charge < -0.3 is 5.73 Å². The standard InChI is InChI=1S/C14H23N5O2S.ClH/c1-9(2)5-11(7-15)18-22(20,21)12-6-13-10(3)17-19(4)14(13)16-8-12;/h6,8-9,11,18H,5,7,15H2,1-4H3;1H. The van der Waals surface area contributed by atoms with Crippen LogP contribution in [0.5, 0.6) is 0 Å². The largest absolute Gasteiger partial charge is 0.329 e. The number of nitrogens with zero attached hydrogens (tertiary/aromatic N) is 3. The number of fused-ring (bicyclic) bond motifs is 1. The summed E-state index contributed by atoms with van der Waals surface area (Å²) in [5, 5.41) is 4.98. The van der Waals surface area contributed by atoms with Crippen LogP contribution in [0.25, 0.3) is 11.0 Å². The van der Waals surface area contributed by atoms with E-state index >= 15 is 0 Å². The molecule has 9 heteroatoms. The number of aromatic nitrogens is 3. The summed E-state index contributed by atoms with van der Waals surface area (Å²) in [6.45, 7) is 6.15. The lowest BCUT2D eigenvalue weighted by Crippen LogP contribution is -2.41. The van der Waals surface area contributed by atoms with Crippen LogP contribution in [0.1, 0.15) is 26.0 Å². The molecule has 0 spiro atoms. The summed E-state index contributed by atoms with van der Waals surface area (Å²) in [6.07, 6.45) is 2.05. The van der Waals surface area contributed by atoms with Crippen molar-refractivity contribution in [2.75, 3.05) is 6.54 Å². The average Bonchev–Trinajstić information content (AvgIpc) is 2.72. The first kappa shape index (κ1) is 19.8. The molecule has 3 N–H and O–H groups in total. The van der Waals surface area contributed by atoms with E-state index in [4.69, 9.17) is 5.73 Å². The van der Waals surface area contributed by atoms with E-state index in [1.807, 2.05) is 20.8 Å². The second-order valence-electron chi connectivity index (χ2n) is 5.93. The number of sulfonamides is 1. The van der Waals surface area contributed by atoms with Crippen molar-refractivity contribution in [3.8, 4) is 0 Å². The first-order valence-corrected chi connectivity index (χ1v) is 8.74. The van der Waals surface area contributed by atoms with Crippen molar-refractivity contribution in [1.29, 1.82) is 0 Å². The molecule has 2 aromatic rings. The van der Waals surface area contributed by atoms with Gasteiger partial charge in [-0.25, -0.2) is 18.1 Å². The number of nitrogens with two attached hydrogens (primary N) is 1. The van der Waals surface area contributed by atoms with Crippen LogP contribution in [0.2, 0.25) is 0 Å². The number of pyridine rings is 1. The Morgan fingerprint density at radius 1 is 1.39 bits per heavy atom. The fourth-order valence-electron chi connectivity index (χ4n) is 2.48. The molecule has 130 valence electrons. The first-order valence-electron chi connectivity index (χ1n) is 7.26. The van der Waals surface area contributed by atoms with Crippen LogP contribution in [0.3, 0.4) is 0 Å². The van der Waals surface area contributed by atoms with Crippen molar-refractivity contribution < 1.29 is 8.42 Å². The van der Waals surface area contributed by atoms with E-state index in [0.29, 0.717) is 18.0 Å². The Labute approximate surface area is 143 Å². The number of hydrogen-bond donors (Lipinski definition) is 2. The van der Waals surface area contributed by atoms with Gasteiger partial charge in [-0.15, -0.1) is 12.4 Å². The minimum atomic E-state index is -3.65. The SMILES string of the molecule is Cc1nn(C)c2ncc(S(=O)(=O)NC(CN)CC(C)C)cc12.Cl. The molecule has 0 amide bonds. The van der Waals surface area contributed by atoms with Gasteiger partial charge in [0.2, 0.25) is 10.0 Å². The number of nitrogens with one attached hydrogen (secondary N) is 1. The highest BCUT2D eigenvalue weighted by Crippen LogP contribution is 2.19. The molecule has 0 saturated heterocycles. The predicted molar refractivity (Wildman–Crippen MR) is 93.1 cm³/mol. The Balaban J connectivity index is 0.00000264. The molecule has 2 rings (SSSR count). The molecule has 0 aliphatic rings. The van der Waals surface area contributed by atoms with E-state index in [1.165, 1.54) is 6.20 Å². The van der Waals surface area contributed by atoms with Gasteiger partial charge in [-0.1, -0.05) is 13.8 Å². The van der Waals surface area contributed by atoms with Crippen molar-refractivity contribution in [2.24, 2.45) is 18.7 Å². The third-order valence-corrected chi connectivity index (χ3v) is 5.00. The Bertz CT molecular complexity index is 773. The molecular weight excluding hydrogens is 338 g/mol. The van der Waals surface area contributed by atoms with Gasteiger partial charge in [0, 0.05) is 31.2 Å². The first-order chi connectivity index (χ1) is 10.2. The zero-order valence-electron chi connectivity index (χ0n) is 13.8. The summed E-state index contributed by atoms with van der Waals surface area (Å²) in [4.78, 5) is 4.35. The van der Waals surface area contributed by atoms with Crippen molar-refractivity contribution in [2.45, 2.75) is 38.1 Å². The van der Waals surface area contributed by atoms with Crippen molar-refractivity contribution in [3.05, 3.63) is 18.0 Å². The number of aryl methyl sites for hydroxylation is 2. The fourth-order valence-corrected chi connectivity index (χ4v) is 3.72. The molecule has 23 heavy (non-hydrogen) atoms. The van der Waals surface area contributed by atoms with Gasteiger partial charge in [-0.05, 0) is 25.3 Å². The van der Waals surface area contributed by atoms with Gasteiger partial charge in [0.25, 0.3) is 0 Å². The molecule has 0 saturated carbocycles. The monoisotopic (exact) mass is 361 g/mol.